The van der Waals surface area contributed by atoms with Gasteiger partial charge < -0.3 is 16.8 Å². The second-order valence-corrected chi connectivity index (χ2v) is 4.14. The lowest BCUT2D eigenvalue weighted by atomic mass is 10.1. The van der Waals surface area contributed by atoms with Gasteiger partial charge >= 0.3 is 0 Å². The third kappa shape index (κ3) is 5.85. The van der Waals surface area contributed by atoms with Crippen LogP contribution >= 0.6 is 0 Å². The molecule has 1 aromatic rings. The topological polar surface area (TPSA) is 64.1 Å². The van der Waals surface area contributed by atoms with Crippen LogP contribution in [-0.2, 0) is 6.54 Å². The summed E-state index contributed by atoms with van der Waals surface area (Å²) >= 11 is 0. The van der Waals surface area contributed by atoms with E-state index in [-0.39, 0.29) is 6.04 Å². The lowest BCUT2D eigenvalue weighted by Gasteiger charge is -2.10. The highest BCUT2D eigenvalue weighted by Gasteiger charge is 1.99. The summed E-state index contributed by atoms with van der Waals surface area (Å²) in [4.78, 5) is 0. The van der Waals surface area contributed by atoms with Crippen LogP contribution in [0.4, 0.5) is 0 Å². The Hall–Kier alpha value is -0.900. The van der Waals surface area contributed by atoms with Crippen LogP contribution in [0.3, 0.4) is 0 Å². The van der Waals surface area contributed by atoms with Crippen molar-refractivity contribution >= 4 is 0 Å². The smallest absolute Gasteiger partial charge is 0.0205 e. The highest BCUT2D eigenvalue weighted by atomic mass is 14.8. The highest BCUT2D eigenvalue weighted by molar-refractivity contribution is 5.14. The molecule has 0 aliphatic carbocycles. The van der Waals surface area contributed by atoms with Crippen molar-refractivity contribution in [2.75, 3.05) is 13.1 Å². The van der Waals surface area contributed by atoms with Gasteiger partial charge in [0.2, 0.25) is 0 Å². The van der Waals surface area contributed by atoms with Crippen LogP contribution in [0.25, 0.3) is 0 Å². The van der Waals surface area contributed by atoms with Gasteiger partial charge in [-0.15, -0.1) is 0 Å². The molecule has 0 spiro atoms. The average Bonchev–Trinajstić information content (AvgIpc) is 2.30. The third-order valence-corrected chi connectivity index (χ3v) is 2.64. The molecule has 1 unspecified atom stereocenters. The van der Waals surface area contributed by atoms with Crippen LogP contribution in [0.2, 0.25) is 0 Å². The first-order valence-corrected chi connectivity index (χ1v) is 6.03. The van der Waals surface area contributed by atoms with Gasteiger partial charge in [0, 0.05) is 12.6 Å². The van der Waals surface area contributed by atoms with Crippen LogP contribution in [0.5, 0.6) is 0 Å². The molecule has 0 heterocycles. The molecule has 0 bridgehead atoms. The fourth-order valence-corrected chi connectivity index (χ4v) is 1.68. The summed E-state index contributed by atoms with van der Waals surface area (Å²) in [6.45, 7) is 2.65. The number of benzene rings is 1. The number of hydrogen-bond donors (Lipinski definition) is 3. The van der Waals surface area contributed by atoms with E-state index in [9.17, 15) is 0 Å². The second-order valence-electron chi connectivity index (χ2n) is 4.14. The minimum atomic E-state index is 0.267. The molecular weight excluding hydrogens is 198 g/mol. The number of hydrogen-bond acceptors (Lipinski definition) is 3. The molecule has 0 aliphatic heterocycles. The van der Waals surface area contributed by atoms with E-state index in [2.05, 4.69) is 29.6 Å². The standard InChI is InChI=1S/C13H23N3/c14-9-8-13(15)7-4-10-16-11-12-5-2-1-3-6-12/h1-3,5-6,13,16H,4,7-11,14-15H2. The molecule has 0 radical (unpaired) electrons. The Morgan fingerprint density at radius 1 is 1.12 bits per heavy atom. The summed E-state index contributed by atoms with van der Waals surface area (Å²) < 4.78 is 0. The van der Waals surface area contributed by atoms with Crippen molar-refractivity contribution < 1.29 is 0 Å². The highest BCUT2D eigenvalue weighted by Crippen LogP contribution is 1.99. The van der Waals surface area contributed by atoms with Gasteiger partial charge in [-0.25, -0.2) is 0 Å². The first kappa shape index (κ1) is 13.2. The summed E-state index contributed by atoms with van der Waals surface area (Å²) in [7, 11) is 0. The molecule has 0 saturated carbocycles. The molecule has 5 N–H and O–H groups in total. The minimum Gasteiger partial charge on any atom is -0.330 e. The molecule has 0 fully saturated rings. The zero-order chi connectivity index (χ0) is 11.6. The van der Waals surface area contributed by atoms with Crippen LogP contribution < -0.4 is 16.8 Å². The maximum atomic E-state index is 5.87. The lowest BCUT2D eigenvalue weighted by Crippen LogP contribution is -2.25. The maximum Gasteiger partial charge on any atom is 0.0205 e. The first-order chi connectivity index (χ1) is 7.83. The van der Waals surface area contributed by atoms with E-state index in [4.69, 9.17) is 11.5 Å². The van der Waals surface area contributed by atoms with E-state index in [1.54, 1.807) is 0 Å². The van der Waals surface area contributed by atoms with Crippen molar-refractivity contribution in [1.82, 2.24) is 5.32 Å². The van der Waals surface area contributed by atoms with Gasteiger partial charge in [-0.2, -0.15) is 0 Å². The van der Waals surface area contributed by atoms with Crippen LogP contribution in [0.1, 0.15) is 24.8 Å². The molecular formula is C13H23N3. The lowest BCUT2D eigenvalue weighted by molar-refractivity contribution is 0.528. The number of nitrogens with one attached hydrogen (secondary N) is 1. The van der Waals surface area contributed by atoms with Gasteiger partial charge in [-0.1, -0.05) is 30.3 Å². The predicted octanol–water partition coefficient (Wildman–Crippen LogP) is 1.23. The maximum absolute atomic E-state index is 5.87. The summed E-state index contributed by atoms with van der Waals surface area (Å²) in [6, 6.07) is 10.7. The quantitative estimate of drug-likeness (QED) is 0.579. The van der Waals surface area contributed by atoms with E-state index < -0.39 is 0 Å². The van der Waals surface area contributed by atoms with Gasteiger partial charge in [-0.3, -0.25) is 0 Å². The van der Waals surface area contributed by atoms with Gasteiger partial charge in [0.05, 0.1) is 0 Å². The third-order valence-electron chi connectivity index (χ3n) is 2.64. The molecule has 0 saturated heterocycles. The van der Waals surface area contributed by atoms with Crippen molar-refractivity contribution in [2.24, 2.45) is 11.5 Å². The van der Waals surface area contributed by atoms with E-state index in [1.165, 1.54) is 5.56 Å². The van der Waals surface area contributed by atoms with Crippen LogP contribution in [-0.4, -0.2) is 19.1 Å². The van der Waals surface area contributed by atoms with Crippen LogP contribution in [0.15, 0.2) is 30.3 Å². The minimum absolute atomic E-state index is 0.267. The fraction of sp³-hybridized carbons (Fsp3) is 0.538. The Kier molecular flexibility index (Phi) is 6.81. The van der Waals surface area contributed by atoms with Crippen molar-refractivity contribution in [3.8, 4) is 0 Å². The van der Waals surface area contributed by atoms with E-state index in [0.717, 1.165) is 32.4 Å². The van der Waals surface area contributed by atoms with Crippen LogP contribution in [0, 0.1) is 0 Å². The largest absolute Gasteiger partial charge is 0.330 e. The summed E-state index contributed by atoms with van der Waals surface area (Å²) in [6.07, 6.45) is 3.10. The predicted molar refractivity (Wildman–Crippen MR) is 69.0 cm³/mol. The normalized spacial score (nSPS) is 12.6. The molecule has 1 aromatic carbocycles. The Balaban J connectivity index is 2.00. The number of rotatable bonds is 8. The van der Waals surface area contributed by atoms with Crippen molar-refractivity contribution in [3.63, 3.8) is 0 Å². The summed E-state index contributed by atoms with van der Waals surface area (Å²) in [5.74, 6) is 0. The van der Waals surface area contributed by atoms with Gasteiger partial charge in [0.15, 0.2) is 0 Å². The van der Waals surface area contributed by atoms with Crippen molar-refractivity contribution in [1.29, 1.82) is 0 Å². The van der Waals surface area contributed by atoms with Gasteiger partial charge in [-0.05, 0) is 37.9 Å². The monoisotopic (exact) mass is 221 g/mol. The Morgan fingerprint density at radius 2 is 1.88 bits per heavy atom. The summed E-state index contributed by atoms with van der Waals surface area (Å²) in [5, 5.41) is 3.41. The van der Waals surface area contributed by atoms with Gasteiger partial charge in [0.25, 0.3) is 0 Å². The van der Waals surface area contributed by atoms with Crippen molar-refractivity contribution in [3.05, 3.63) is 35.9 Å². The molecule has 16 heavy (non-hydrogen) atoms. The summed E-state index contributed by atoms with van der Waals surface area (Å²) in [5.41, 5.74) is 12.6. The Labute approximate surface area is 98.2 Å². The van der Waals surface area contributed by atoms with Crippen molar-refractivity contribution in [2.45, 2.75) is 31.8 Å². The molecule has 3 nitrogen and oxygen atoms in total. The molecule has 3 heteroatoms. The zero-order valence-electron chi connectivity index (χ0n) is 9.86. The second kappa shape index (κ2) is 8.28. The average molecular weight is 221 g/mol. The molecule has 0 aromatic heterocycles. The molecule has 90 valence electrons. The van der Waals surface area contributed by atoms with E-state index in [0.29, 0.717) is 6.54 Å². The Morgan fingerprint density at radius 3 is 2.56 bits per heavy atom. The number of nitrogens with two attached hydrogens (primary N) is 2. The SMILES string of the molecule is NCCC(N)CCCNCc1ccccc1. The molecule has 1 rings (SSSR count). The molecule has 1 atom stereocenters. The zero-order valence-corrected chi connectivity index (χ0v) is 9.86. The molecule has 0 aliphatic rings. The Bertz CT molecular complexity index is 261. The fourth-order valence-electron chi connectivity index (χ4n) is 1.68. The first-order valence-electron chi connectivity index (χ1n) is 6.03. The van der Waals surface area contributed by atoms with E-state index >= 15 is 0 Å². The van der Waals surface area contributed by atoms with Gasteiger partial charge in [0.1, 0.15) is 0 Å². The molecule has 0 amide bonds. The van der Waals surface area contributed by atoms with E-state index in [1.807, 2.05) is 6.07 Å².